The van der Waals surface area contributed by atoms with Gasteiger partial charge in [0.2, 0.25) is 0 Å². The number of rotatable bonds is 3. The number of hydrogen-bond donors (Lipinski definition) is 0. The molecule has 0 heterocycles. The number of benzene rings is 1. The molecule has 0 aliphatic heterocycles. The van der Waals surface area contributed by atoms with Crippen LogP contribution in [0.1, 0.15) is 24.0 Å². The minimum Gasteiger partial charge on any atom is -0.0891 e. The first-order chi connectivity index (χ1) is 5.83. The van der Waals surface area contributed by atoms with Crippen molar-refractivity contribution in [1.82, 2.24) is 0 Å². The van der Waals surface area contributed by atoms with E-state index in [1.165, 1.54) is 11.1 Å². The van der Waals surface area contributed by atoms with Crippen LogP contribution in [0.5, 0.6) is 0 Å². The Morgan fingerprint density at radius 3 is 2.50 bits per heavy atom. The highest BCUT2D eigenvalue weighted by Crippen LogP contribution is 2.06. The summed E-state index contributed by atoms with van der Waals surface area (Å²) in [6.07, 6.45) is 9.62. The molecule has 0 heteroatoms. The zero-order chi connectivity index (χ0) is 8.81. The maximum Gasteiger partial charge on any atom is 0.0102 e. The Morgan fingerprint density at radius 2 is 1.92 bits per heavy atom. The molecule has 0 aromatic heterocycles. The fourth-order valence-electron chi connectivity index (χ4n) is 1.14. The van der Waals surface area contributed by atoms with Crippen molar-refractivity contribution in [2.75, 3.05) is 0 Å². The summed E-state index contributed by atoms with van der Waals surface area (Å²) in [7, 11) is 0. The molecule has 0 nitrogen and oxygen atoms in total. The van der Waals surface area contributed by atoms with Crippen LogP contribution < -0.4 is 0 Å². The molecule has 61 valence electrons. The summed E-state index contributed by atoms with van der Waals surface area (Å²) < 4.78 is 0. The van der Waals surface area contributed by atoms with Gasteiger partial charge in [-0.2, -0.15) is 0 Å². The van der Waals surface area contributed by atoms with Gasteiger partial charge in [-0.05, 0) is 31.8 Å². The Kier molecular flexibility index (Phi) is 3.41. The van der Waals surface area contributed by atoms with Crippen LogP contribution in [-0.2, 0) is 6.42 Å². The molecule has 0 atom stereocenters. The Labute approximate surface area is 74.6 Å². The summed E-state index contributed by atoms with van der Waals surface area (Å²) in [4.78, 5) is 0. The molecule has 0 aliphatic rings. The Bertz CT molecular complexity index is 261. The van der Waals surface area contributed by atoms with Crippen LogP contribution in [-0.4, -0.2) is 0 Å². The van der Waals surface area contributed by atoms with Gasteiger partial charge in [-0.25, -0.2) is 0 Å². The number of aryl methyl sites for hydroxylation is 2. The fourth-order valence-corrected chi connectivity index (χ4v) is 1.14. The third kappa shape index (κ3) is 2.80. The highest BCUT2D eigenvalue weighted by atomic mass is 14.0. The quantitative estimate of drug-likeness (QED) is 0.467. The van der Waals surface area contributed by atoms with E-state index in [1.54, 1.807) is 0 Å². The molecule has 0 aliphatic carbocycles. The van der Waals surface area contributed by atoms with Gasteiger partial charge in [0.15, 0.2) is 0 Å². The molecule has 1 radical (unpaired) electrons. The zero-order valence-corrected chi connectivity index (χ0v) is 7.43. The maximum absolute atomic E-state index is 6.75. The van der Waals surface area contributed by atoms with Crippen LogP contribution in [0.2, 0.25) is 0 Å². The van der Waals surface area contributed by atoms with Crippen LogP contribution in [0, 0.1) is 19.3 Å². The van der Waals surface area contributed by atoms with Crippen molar-refractivity contribution in [1.29, 1.82) is 0 Å². The van der Waals surface area contributed by atoms with E-state index >= 15 is 0 Å². The SMILES string of the molecule is [C]#CCCCc1ccc(C)cc1. The molecule has 0 N–H and O–H groups in total. The summed E-state index contributed by atoms with van der Waals surface area (Å²) in [5.74, 6) is 2.40. The molecule has 1 aromatic rings. The van der Waals surface area contributed by atoms with Gasteiger partial charge in [0.1, 0.15) is 0 Å². The standard InChI is InChI=1S/C12H13/c1-3-4-5-6-12-9-7-11(2)8-10-12/h7-10H,4-6H2,2H3. The minimum atomic E-state index is 0.772. The first kappa shape index (κ1) is 8.87. The molecule has 1 rings (SSSR count). The average Bonchev–Trinajstić information content (AvgIpc) is 2.09. The summed E-state index contributed by atoms with van der Waals surface area (Å²) in [6.45, 7) is 2.09. The first-order valence-corrected chi connectivity index (χ1v) is 4.28. The summed E-state index contributed by atoms with van der Waals surface area (Å²) >= 11 is 0. The third-order valence-electron chi connectivity index (χ3n) is 1.89. The van der Waals surface area contributed by atoms with Crippen LogP contribution >= 0.6 is 0 Å². The second kappa shape index (κ2) is 4.62. The van der Waals surface area contributed by atoms with Gasteiger partial charge in [-0.15, -0.1) is 0 Å². The van der Waals surface area contributed by atoms with Crippen molar-refractivity contribution in [2.45, 2.75) is 26.2 Å². The van der Waals surface area contributed by atoms with Crippen molar-refractivity contribution >= 4 is 0 Å². The zero-order valence-electron chi connectivity index (χ0n) is 7.43. The largest absolute Gasteiger partial charge is 0.0891 e. The van der Waals surface area contributed by atoms with E-state index < -0.39 is 0 Å². The molecular weight excluding hydrogens is 144 g/mol. The molecule has 0 fully saturated rings. The molecule has 0 spiro atoms. The molecule has 0 bridgehead atoms. The van der Waals surface area contributed by atoms with Crippen LogP contribution in [0.15, 0.2) is 24.3 Å². The van der Waals surface area contributed by atoms with E-state index in [0.29, 0.717) is 0 Å². The predicted molar refractivity (Wildman–Crippen MR) is 51.2 cm³/mol. The third-order valence-corrected chi connectivity index (χ3v) is 1.89. The normalized spacial score (nSPS) is 9.33. The van der Waals surface area contributed by atoms with Crippen LogP contribution in [0.25, 0.3) is 0 Å². The van der Waals surface area contributed by atoms with Gasteiger partial charge >= 0.3 is 0 Å². The Morgan fingerprint density at radius 1 is 1.25 bits per heavy atom. The summed E-state index contributed by atoms with van der Waals surface area (Å²) in [5, 5.41) is 0. The molecule has 1 aromatic carbocycles. The Hall–Kier alpha value is -1.22. The van der Waals surface area contributed by atoms with Crippen molar-refractivity contribution in [2.24, 2.45) is 0 Å². The van der Waals surface area contributed by atoms with Crippen molar-refractivity contribution in [3.05, 3.63) is 41.8 Å². The molecule has 0 saturated heterocycles. The van der Waals surface area contributed by atoms with Gasteiger partial charge in [-0.3, -0.25) is 0 Å². The molecule has 0 unspecified atom stereocenters. The summed E-state index contributed by atoms with van der Waals surface area (Å²) in [6, 6.07) is 8.56. The lowest BCUT2D eigenvalue weighted by atomic mass is 10.1. The lowest BCUT2D eigenvalue weighted by molar-refractivity contribution is 0.857. The predicted octanol–water partition coefficient (Wildman–Crippen LogP) is 2.91. The van der Waals surface area contributed by atoms with E-state index in [1.807, 2.05) is 0 Å². The summed E-state index contributed by atoms with van der Waals surface area (Å²) in [5.41, 5.74) is 2.66. The lowest BCUT2D eigenvalue weighted by Gasteiger charge is -1.98. The van der Waals surface area contributed by atoms with E-state index in [9.17, 15) is 0 Å². The van der Waals surface area contributed by atoms with Gasteiger partial charge in [0.05, 0.1) is 0 Å². The highest BCUT2D eigenvalue weighted by molar-refractivity contribution is 5.21. The Balaban J connectivity index is 2.43. The fraction of sp³-hybridized carbons (Fsp3) is 0.333. The minimum absolute atomic E-state index is 0.772. The van der Waals surface area contributed by atoms with E-state index in [0.717, 1.165) is 19.3 Å². The van der Waals surface area contributed by atoms with Crippen LogP contribution in [0.3, 0.4) is 0 Å². The van der Waals surface area contributed by atoms with E-state index in [2.05, 4.69) is 37.1 Å². The van der Waals surface area contributed by atoms with E-state index in [4.69, 9.17) is 6.42 Å². The monoisotopic (exact) mass is 157 g/mol. The molecule has 0 amide bonds. The molecule has 0 saturated carbocycles. The smallest absolute Gasteiger partial charge is 0.0102 e. The molecular formula is C12H13. The van der Waals surface area contributed by atoms with Gasteiger partial charge < -0.3 is 0 Å². The molecule has 12 heavy (non-hydrogen) atoms. The average molecular weight is 157 g/mol. The van der Waals surface area contributed by atoms with Crippen molar-refractivity contribution < 1.29 is 0 Å². The van der Waals surface area contributed by atoms with Gasteiger partial charge in [0, 0.05) is 6.42 Å². The number of hydrogen-bond acceptors (Lipinski definition) is 0. The second-order valence-corrected chi connectivity index (χ2v) is 3.02. The van der Waals surface area contributed by atoms with Gasteiger partial charge in [0.25, 0.3) is 0 Å². The second-order valence-electron chi connectivity index (χ2n) is 3.02. The van der Waals surface area contributed by atoms with E-state index in [-0.39, 0.29) is 0 Å². The van der Waals surface area contributed by atoms with Gasteiger partial charge in [-0.1, -0.05) is 35.7 Å². The topological polar surface area (TPSA) is 0 Å². The van der Waals surface area contributed by atoms with Crippen LogP contribution in [0.4, 0.5) is 0 Å². The van der Waals surface area contributed by atoms with Crippen molar-refractivity contribution in [3.63, 3.8) is 0 Å². The first-order valence-electron chi connectivity index (χ1n) is 4.28. The maximum atomic E-state index is 6.75. The number of unbranched alkanes of at least 4 members (excludes halogenated alkanes) is 1. The van der Waals surface area contributed by atoms with Crippen molar-refractivity contribution in [3.8, 4) is 5.92 Å². The highest BCUT2D eigenvalue weighted by Gasteiger charge is 1.90. The lowest BCUT2D eigenvalue weighted by Crippen LogP contribution is -1.84.